The highest BCUT2D eigenvalue weighted by atomic mass is 79.9. The van der Waals surface area contributed by atoms with Crippen LogP contribution in [0.15, 0.2) is 77.3 Å². The van der Waals surface area contributed by atoms with Crippen molar-refractivity contribution in [1.82, 2.24) is 4.90 Å². The van der Waals surface area contributed by atoms with Crippen LogP contribution in [0.3, 0.4) is 0 Å². The number of carbonyl (C=O) groups excluding carboxylic acids is 2. The number of aryl methyl sites for hydroxylation is 1. The van der Waals surface area contributed by atoms with Gasteiger partial charge in [0.05, 0.1) is 6.04 Å². The van der Waals surface area contributed by atoms with Crippen LogP contribution < -0.4 is 5.32 Å². The quantitative estimate of drug-likeness (QED) is 0.620. The van der Waals surface area contributed by atoms with E-state index in [1.165, 1.54) is 0 Å². The molecular weight excluding hydrogens is 416 g/mol. The van der Waals surface area contributed by atoms with Gasteiger partial charge in [-0.3, -0.25) is 9.59 Å². The number of anilines is 1. The zero-order chi connectivity index (χ0) is 19.7. The fraction of sp³-hybridized carbons (Fsp3) is 0.130. The van der Waals surface area contributed by atoms with Crippen molar-refractivity contribution >= 4 is 33.4 Å². The summed E-state index contributed by atoms with van der Waals surface area (Å²) >= 11 is 3.52. The van der Waals surface area contributed by atoms with Crippen LogP contribution in [0.5, 0.6) is 0 Å². The lowest BCUT2D eigenvalue weighted by molar-refractivity contribution is -0.117. The van der Waals surface area contributed by atoms with Crippen LogP contribution in [0.1, 0.15) is 33.1 Å². The van der Waals surface area contributed by atoms with Gasteiger partial charge < -0.3 is 10.2 Å². The Bertz CT molecular complexity index is 1030. The van der Waals surface area contributed by atoms with Gasteiger partial charge in [0.2, 0.25) is 5.91 Å². The molecule has 0 unspecified atom stereocenters. The average Bonchev–Trinajstić information content (AvgIpc) is 2.84. The predicted octanol–water partition coefficient (Wildman–Crippen LogP) is 4.94. The number of amides is 2. The minimum atomic E-state index is -0.374. The number of rotatable bonds is 2. The molecule has 0 radical (unpaired) electrons. The summed E-state index contributed by atoms with van der Waals surface area (Å²) < 4.78 is 0.895. The summed E-state index contributed by atoms with van der Waals surface area (Å²) in [6.07, 6.45) is 0. The van der Waals surface area contributed by atoms with Gasteiger partial charge in [0.15, 0.2) is 0 Å². The van der Waals surface area contributed by atoms with E-state index in [4.69, 9.17) is 0 Å². The Labute approximate surface area is 172 Å². The average molecular weight is 435 g/mol. The topological polar surface area (TPSA) is 49.4 Å². The van der Waals surface area contributed by atoms with Crippen molar-refractivity contribution in [3.63, 3.8) is 0 Å². The molecule has 0 aromatic heterocycles. The maximum atomic E-state index is 13.4. The van der Waals surface area contributed by atoms with Crippen molar-refractivity contribution in [2.24, 2.45) is 0 Å². The van der Waals surface area contributed by atoms with Crippen LogP contribution in [-0.2, 0) is 4.79 Å². The summed E-state index contributed by atoms with van der Waals surface area (Å²) in [4.78, 5) is 27.7. The molecule has 0 saturated heterocycles. The second kappa shape index (κ2) is 7.60. The first-order chi connectivity index (χ1) is 13.5. The second-order valence-corrected chi connectivity index (χ2v) is 7.81. The van der Waals surface area contributed by atoms with E-state index < -0.39 is 0 Å². The van der Waals surface area contributed by atoms with Gasteiger partial charge >= 0.3 is 0 Å². The first-order valence-electron chi connectivity index (χ1n) is 9.05. The van der Waals surface area contributed by atoms with E-state index in [0.717, 1.165) is 26.9 Å². The second-order valence-electron chi connectivity index (χ2n) is 6.89. The minimum Gasteiger partial charge on any atom is -0.324 e. The van der Waals surface area contributed by atoms with Crippen molar-refractivity contribution in [2.45, 2.75) is 13.0 Å². The van der Waals surface area contributed by atoms with Crippen LogP contribution in [0, 0.1) is 6.92 Å². The van der Waals surface area contributed by atoms with Gasteiger partial charge in [-0.25, -0.2) is 0 Å². The number of nitrogens with one attached hydrogen (secondary N) is 1. The molecule has 4 rings (SSSR count). The number of carbonyl (C=O) groups is 2. The SMILES string of the molecule is Cc1ccc(C(=O)N2CC(=O)Nc3ccc(Br)cc3[C@@H]2c2ccccc2)cc1. The Kier molecular flexibility index (Phi) is 5.01. The highest BCUT2D eigenvalue weighted by molar-refractivity contribution is 9.10. The first-order valence-corrected chi connectivity index (χ1v) is 9.84. The Morgan fingerprint density at radius 2 is 1.75 bits per heavy atom. The molecule has 140 valence electrons. The van der Waals surface area contributed by atoms with E-state index in [-0.39, 0.29) is 24.4 Å². The van der Waals surface area contributed by atoms with E-state index in [1.807, 2.05) is 79.7 Å². The number of nitrogens with zero attached hydrogens (tertiary/aromatic N) is 1. The molecule has 0 bridgehead atoms. The molecule has 28 heavy (non-hydrogen) atoms. The fourth-order valence-electron chi connectivity index (χ4n) is 3.52. The lowest BCUT2D eigenvalue weighted by Gasteiger charge is -2.30. The summed E-state index contributed by atoms with van der Waals surface area (Å²) in [5.74, 6) is -0.376. The zero-order valence-corrected chi connectivity index (χ0v) is 16.9. The van der Waals surface area contributed by atoms with Gasteiger partial charge in [-0.05, 0) is 42.8 Å². The Balaban J connectivity index is 1.88. The third-order valence-corrected chi connectivity index (χ3v) is 5.38. The summed E-state index contributed by atoms with van der Waals surface area (Å²) in [5.41, 5.74) is 4.21. The van der Waals surface area contributed by atoms with Gasteiger partial charge in [-0.15, -0.1) is 0 Å². The van der Waals surface area contributed by atoms with E-state index in [2.05, 4.69) is 21.2 Å². The van der Waals surface area contributed by atoms with Crippen LogP contribution in [-0.4, -0.2) is 23.3 Å². The van der Waals surface area contributed by atoms with Crippen LogP contribution >= 0.6 is 15.9 Å². The lowest BCUT2D eigenvalue weighted by Crippen LogP contribution is -2.39. The molecule has 1 N–H and O–H groups in total. The Hall–Kier alpha value is -2.92. The molecule has 3 aromatic carbocycles. The molecule has 2 amide bonds. The highest BCUT2D eigenvalue weighted by Crippen LogP contribution is 2.37. The number of hydrogen-bond acceptors (Lipinski definition) is 2. The summed E-state index contributed by atoms with van der Waals surface area (Å²) in [6, 6.07) is 22.6. The van der Waals surface area contributed by atoms with Gasteiger partial charge in [-0.1, -0.05) is 64.0 Å². The molecule has 4 nitrogen and oxygen atoms in total. The van der Waals surface area contributed by atoms with Crippen LogP contribution in [0.2, 0.25) is 0 Å². The normalized spacial score (nSPS) is 16.1. The van der Waals surface area contributed by atoms with Gasteiger partial charge in [0, 0.05) is 21.3 Å². The van der Waals surface area contributed by atoms with Crippen LogP contribution in [0.25, 0.3) is 0 Å². The molecule has 1 aliphatic rings. The smallest absolute Gasteiger partial charge is 0.255 e. The van der Waals surface area contributed by atoms with E-state index in [0.29, 0.717) is 5.56 Å². The maximum absolute atomic E-state index is 13.4. The van der Waals surface area contributed by atoms with Crippen molar-refractivity contribution < 1.29 is 9.59 Å². The van der Waals surface area contributed by atoms with Gasteiger partial charge in [0.25, 0.3) is 5.91 Å². The minimum absolute atomic E-state index is 0.0153. The van der Waals surface area contributed by atoms with Crippen molar-refractivity contribution in [3.8, 4) is 0 Å². The van der Waals surface area contributed by atoms with Crippen LogP contribution in [0.4, 0.5) is 5.69 Å². The van der Waals surface area contributed by atoms with Crippen molar-refractivity contribution in [1.29, 1.82) is 0 Å². The van der Waals surface area contributed by atoms with Gasteiger partial charge in [-0.2, -0.15) is 0 Å². The fourth-order valence-corrected chi connectivity index (χ4v) is 3.90. The molecule has 1 atom stereocenters. The van der Waals surface area contributed by atoms with Gasteiger partial charge in [0.1, 0.15) is 6.54 Å². The van der Waals surface area contributed by atoms with E-state index >= 15 is 0 Å². The molecular formula is C23H19BrN2O2. The monoisotopic (exact) mass is 434 g/mol. The standard InChI is InChI=1S/C23H19BrN2O2/c1-15-7-9-17(10-8-15)23(28)26-14-21(27)25-20-12-11-18(24)13-19(20)22(26)16-5-3-2-4-6-16/h2-13,22H,14H2,1H3,(H,25,27)/t22-/m0/s1. The first kappa shape index (κ1) is 18.4. The third-order valence-electron chi connectivity index (χ3n) is 4.88. The predicted molar refractivity (Wildman–Crippen MR) is 113 cm³/mol. The lowest BCUT2D eigenvalue weighted by atomic mass is 9.95. The molecule has 1 aliphatic heterocycles. The molecule has 0 spiro atoms. The molecule has 1 heterocycles. The summed E-state index contributed by atoms with van der Waals surface area (Å²) in [6.45, 7) is 1.97. The molecule has 3 aromatic rings. The third kappa shape index (κ3) is 3.58. The number of hydrogen-bond donors (Lipinski definition) is 1. The zero-order valence-electron chi connectivity index (χ0n) is 15.4. The Morgan fingerprint density at radius 1 is 1.04 bits per heavy atom. The largest absolute Gasteiger partial charge is 0.324 e. The van der Waals surface area contributed by atoms with Crippen molar-refractivity contribution in [3.05, 3.63) is 99.5 Å². The number of benzene rings is 3. The highest BCUT2D eigenvalue weighted by Gasteiger charge is 2.34. The molecule has 0 saturated carbocycles. The summed E-state index contributed by atoms with van der Waals surface area (Å²) in [7, 11) is 0. The van der Waals surface area contributed by atoms with E-state index in [9.17, 15) is 9.59 Å². The van der Waals surface area contributed by atoms with E-state index in [1.54, 1.807) is 4.90 Å². The number of fused-ring (bicyclic) bond motifs is 1. The molecule has 5 heteroatoms. The molecule has 0 fully saturated rings. The molecule has 0 aliphatic carbocycles. The summed E-state index contributed by atoms with van der Waals surface area (Å²) in [5, 5.41) is 2.94. The van der Waals surface area contributed by atoms with Crippen molar-refractivity contribution in [2.75, 3.05) is 11.9 Å². The maximum Gasteiger partial charge on any atom is 0.255 e. The number of halogens is 1. The Morgan fingerprint density at radius 3 is 2.46 bits per heavy atom.